The fourth-order valence-electron chi connectivity index (χ4n) is 1.06. The number of benzene rings is 1. The highest BCUT2D eigenvalue weighted by molar-refractivity contribution is 5.85. The molecule has 0 aliphatic heterocycles. The molecule has 0 radical (unpaired) electrons. The first-order valence-electron chi connectivity index (χ1n) is 3.90. The predicted molar refractivity (Wildman–Crippen MR) is 55.6 cm³/mol. The van der Waals surface area contributed by atoms with Gasteiger partial charge in [-0.1, -0.05) is 12.1 Å². The van der Waals surface area contributed by atoms with Crippen LogP contribution in [-0.2, 0) is 0 Å². The van der Waals surface area contributed by atoms with Crippen LogP contribution in [0, 0.1) is 22.7 Å². The van der Waals surface area contributed by atoms with Gasteiger partial charge < -0.3 is 5.73 Å². The van der Waals surface area contributed by atoms with E-state index in [1.165, 1.54) is 0 Å². The predicted octanol–water partition coefficient (Wildman–Crippen LogP) is 1.89. The number of hydrogen-bond donors (Lipinski definition) is 1. The first kappa shape index (κ1) is 12.4. The van der Waals surface area contributed by atoms with Crippen LogP contribution in [0.3, 0.4) is 0 Å². The lowest BCUT2D eigenvalue weighted by atomic mass is 10.0. The van der Waals surface area contributed by atoms with Crippen LogP contribution >= 0.6 is 12.4 Å². The molecule has 0 aromatic heterocycles. The summed E-state index contributed by atoms with van der Waals surface area (Å²) in [6, 6.07) is 10.7. The van der Waals surface area contributed by atoms with Crippen molar-refractivity contribution in [1.29, 1.82) is 10.5 Å². The average Bonchev–Trinajstić information content (AvgIpc) is 2.18. The van der Waals surface area contributed by atoms with Crippen LogP contribution in [0.5, 0.6) is 0 Å². The first-order chi connectivity index (χ1) is 6.27. The highest BCUT2D eigenvalue weighted by Crippen LogP contribution is 2.14. The van der Waals surface area contributed by atoms with Gasteiger partial charge in [-0.3, -0.25) is 0 Å². The Morgan fingerprint density at radius 3 is 2.64 bits per heavy atom. The molecule has 0 aliphatic carbocycles. The molecular weight excluding hydrogens is 198 g/mol. The molecule has 72 valence electrons. The Labute approximate surface area is 89.2 Å². The van der Waals surface area contributed by atoms with E-state index in [4.69, 9.17) is 16.3 Å². The van der Waals surface area contributed by atoms with E-state index in [1.807, 2.05) is 18.2 Å². The molecule has 0 aliphatic rings. The Bertz CT molecular complexity index is 376. The van der Waals surface area contributed by atoms with Crippen molar-refractivity contribution in [2.75, 3.05) is 0 Å². The Hall–Kier alpha value is -1.55. The number of nitrogens with zero attached hydrogens (tertiary/aromatic N) is 2. The molecule has 0 saturated heterocycles. The minimum Gasteiger partial charge on any atom is -0.323 e. The highest BCUT2D eigenvalue weighted by Gasteiger charge is 2.04. The van der Waals surface area contributed by atoms with Gasteiger partial charge in [0.05, 0.1) is 24.1 Å². The van der Waals surface area contributed by atoms with Gasteiger partial charge in [-0.25, -0.2) is 0 Å². The van der Waals surface area contributed by atoms with Gasteiger partial charge in [0.15, 0.2) is 0 Å². The number of rotatable bonds is 2. The lowest BCUT2D eigenvalue weighted by Crippen LogP contribution is -2.09. The fourth-order valence-corrected chi connectivity index (χ4v) is 1.06. The number of nitrogens with two attached hydrogens (primary N) is 1. The average molecular weight is 208 g/mol. The third-order valence-corrected chi connectivity index (χ3v) is 1.76. The molecule has 0 bridgehead atoms. The van der Waals surface area contributed by atoms with Gasteiger partial charge in [-0.15, -0.1) is 12.4 Å². The molecule has 0 saturated carbocycles. The van der Waals surface area contributed by atoms with Crippen molar-refractivity contribution < 1.29 is 0 Å². The lowest BCUT2D eigenvalue weighted by Gasteiger charge is -2.06. The molecule has 0 fully saturated rings. The van der Waals surface area contributed by atoms with Gasteiger partial charge in [-0.2, -0.15) is 10.5 Å². The zero-order valence-corrected chi connectivity index (χ0v) is 8.29. The van der Waals surface area contributed by atoms with Crippen molar-refractivity contribution in [3.63, 3.8) is 0 Å². The Kier molecular flexibility index (Phi) is 5.33. The summed E-state index contributed by atoms with van der Waals surface area (Å²) in [4.78, 5) is 0. The summed E-state index contributed by atoms with van der Waals surface area (Å²) in [5, 5.41) is 17.0. The van der Waals surface area contributed by atoms with E-state index in [2.05, 4.69) is 0 Å². The molecule has 1 rings (SSSR count). The largest absolute Gasteiger partial charge is 0.323 e. The van der Waals surface area contributed by atoms with Crippen molar-refractivity contribution in [1.82, 2.24) is 0 Å². The molecule has 1 aromatic carbocycles. The number of nitriles is 2. The topological polar surface area (TPSA) is 73.6 Å². The number of hydrogen-bond acceptors (Lipinski definition) is 3. The highest BCUT2D eigenvalue weighted by atomic mass is 35.5. The van der Waals surface area contributed by atoms with Crippen LogP contribution in [-0.4, -0.2) is 0 Å². The van der Waals surface area contributed by atoms with Gasteiger partial charge in [0.1, 0.15) is 0 Å². The summed E-state index contributed by atoms with van der Waals surface area (Å²) < 4.78 is 0. The quantitative estimate of drug-likeness (QED) is 0.805. The summed E-state index contributed by atoms with van der Waals surface area (Å²) in [5.74, 6) is 0. The van der Waals surface area contributed by atoms with Crippen molar-refractivity contribution in [3.8, 4) is 12.1 Å². The molecule has 0 spiro atoms. The van der Waals surface area contributed by atoms with Gasteiger partial charge in [0, 0.05) is 6.04 Å². The van der Waals surface area contributed by atoms with E-state index in [-0.39, 0.29) is 24.9 Å². The van der Waals surface area contributed by atoms with E-state index < -0.39 is 0 Å². The molecular formula is C10H10ClN3. The van der Waals surface area contributed by atoms with Gasteiger partial charge in [0.2, 0.25) is 0 Å². The van der Waals surface area contributed by atoms with E-state index in [0.717, 1.165) is 5.56 Å². The zero-order chi connectivity index (χ0) is 9.68. The molecule has 4 heteroatoms. The second kappa shape index (κ2) is 5.99. The summed E-state index contributed by atoms with van der Waals surface area (Å²) in [6.45, 7) is 0. The smallest absolute Gasteiger partial charge is 0.0991 e. The Morgan fingerprint density at radius 2 is 2.07 bits per heavy atom. The van der Waals surface area contributed by atoms with Crippen LogP contribution in [0.4, 0.5) is 0 Å². The molecule has 0 unspecified atom stereocenters. The summed E-state index contributed by atoms with van der Waals surface area (Å²) in [5.41, 5.74) is 7.11. The number of halogens is 1. The van der Waals surface area contributed by atoms with Crippen molar-refractivity contribution in [2.24, 2.45) is 5.73 Å². The molecule has 1 atom stereocenters. The summed E-state index contributed by atoms with van der Waals surface area (Å²) in [7, 11) is 0. The minimum absolute atomic E-state index is 0. The zero-order valence-electron chi connectivity index (χ0n) is 7.47. The van der Waals surface area contributed by atoms with Crippen molar-refractivity contribution >= 4 is 12.4 Å². The Balaban J connectivity index is 0.00000169. The molecule has 0 amide bonds. The van der Waals surface area contributed by atoms with E-state index >= 15 is 0 Å². The summed E-state index contributed by atoms with van der Waals surface area (Å²) >= 11 is 0. The first-order valence-corrected chi connectivity index (χ1v) is 3.90. The van der Waals surface area contributed by atoms with Crippen LogP contribution in [0.2, 0.25) is 0 Å². The van der Waals surface area contributed by atoms with E-state index in [0.29, 0.717) is 5.56 Å². The van der Waals surface area contributed by atoms with Crippen molar-refractivity contribution in [3.05, 3.63) is 35.4 Å². The SMILES string of the molecule is Cl.N#CC[C@H](N)c1cccc(C#N)c1. The Morgan fingerprint density at radius 1 is 1.36 bits per heavy atom. The minimum atomic E-state index is -0.293. The molecule has 3 nitrogen and oxygen atoms in total. The third kappa shape index (κ3) is 3.06. The van der Waals surface area contributed by atoms with Gasteiger partial charge in [0.25, 0.3) is 0 Å². The second-order valence-electron chi connectivity index (χ2n) is 2.71. The maximum absolute atomic E-state index is 8.62. The second-order valence-corrected chi connectivity index (χ2v) is 2.71. The van der Waals surface area contributed by atoms with E-state index in [1.54, 1.807) is 18.2 Å². The monoisotopic (exact) mass is 207 g/mol. The van der Waals surface area contributed by atoms with Gasteiger partial charge in [-0.05, 0) is 17.7 Å². The van der Waals surface area contributed by atoms with Crippen LogP contribution < -0.4 is 5.73 Å². The fraction of sp³-hybridized carbons (Fsp3) is 0.200. The van der Waals surface area contributed by atoms with Crippen LogP contribution in [0.1, 0.15) is 23.6 Å². The standard InChI is InChI=1S/C10H9N3.ClH/c11-5-4-10(13)9-3-1-2-8(6-9)7-12;/h1-3,6,10H,4,13H2;1H/t10-;/m0./s1. The maximum Gasteiger partial charge on any atom is 0.0991 e. The normalized spacial score (nSPS) is 10.5. The lowest BCUT2D eigenvalue weighted by molar-refractivity contribution is 0.748. The molecule has 14 heavy (non-hydrogen) atoms. The van der Waals surface area contributed by atoms with Crippen LogP contribution in [0.25, 0.3) is 0 Å². The van der Waals surface area contributed by atoms with E-state index in [9.17, 15) is 0 Å². The van der Waals surface area contributed by atoms with Crippen LogP contribution in [0.15, 0.2) is 24.3 Å². The summed E-state index contributed by atoms with van der Waals surface area (Å²) in [6.07, 6.45) is 0.273. The molecule has 1 aromatic rings. The molecule has 2 N–H and O–H groups in total. The maximum atomic E-state index is 8.62. The molecule has 0 heterocycles. The third-order valence-electron chi connectivity index (χ3n) is 1.76. The van der Waals surface area contributed by atoms with Crippen molar-refractivity contribution in [2.45, 2.75) is 12.5 Å². The van der Waals surface area contributed by atoms with Gasteiger partial charge >= 0.3 is 0 Å².